The Hall–Kier alpha value is -0.860. The van der Waals surface area contributed by atoms with Crippen molar-refractivity contribution in [3.63, 3.8) is 0 Å². The maximum Gasteiger partial charge on any atom is 0.303 e. The Labute approximate surface area is 104 Å². The third-order valence-corrected chi connectivity index (χ3v) is 3.57. The summed E-state index contributed by atoms with van der Waals surface area (Å²) in [6, 6.07) is 0. The van der Waals surface area contributed by atoms with E-state index in [4.69, 9.17) is 4.74 Å². The second-order valence-electron chi connectivity index (χ2n) is 5.57. The van der Waals surface area contributed by atoms with Gasteiger partial charge >= 0.3 is 5.97 Å². The molecule has 0 amide bonds. The Bertz CT molecular complexity index is 275. The number of ketones is 1. The van der Waals surface area contributed by atoms with E-state index >= 15 is 0 Å². The Morgan fingerprint density at radius 3 is 2.29 bits per heavy atom. The van der Waals surface area contributed by atoms with Crippen LogP contribution < -0.4 is 0 Å². The average Bonchev–Trinajstić information content (AvgIpc) is 2.25. The van der Waals surface area contributed by atoms with Crippen LogP contribution in [0.4, 0.5) is 0 Å². The molecule has 3 nitrogen and oxygen atoms in total. The summed E-state index contributed by atoms with van der Waals surface area (Å²) in [7, 11) is 0. The molecule has 0 aliphatic heterocycles. The van der Waals surface area contributed by atoms with Crippen molar-refractivity contribution in [2.45, 2.75) is 71.3 Å². The number of rotatable bonds is 5. The summed E-state index contributed by atoms with van der Waals surface area (Å²) >= 11 is 0. The van der Waals surface area contributed by atoms with Crippen molar-refractivity contribution in [1.29, 1.82) is 0 Å². The fraction of sp³-hybridized carbons (Fsp3) is 0.857. The Kier molecular flexibility index (Phi) is 5.16. The van der Waals surface area contributed by atoms with Crippen LogP contribution >= 0.6 is 0 Å². The first-order chi connectivity index (χ1) is 7.92. The quantitative estimate of drug-likeness (QED) is 0.693. The zero-order valence-electron chi connectivity index (χ0n) is 11.3. The topological polar surface area (TPSA) is 43.4 Å². The van der Waals surface area contributed by atoms with E-state index < -0.39 is 5.60 Å². The number of carbonyl (C=O) groups excluding carboxylic acids is 2. The number of carbonyl (C=O) groups is 2. The van der Waals surface area contributed by atoms with E-state index in [0.717, 1.165) is 6.42 Å². The molecule has 0 aromatic rings. The third-order valence-electron chi connectivity index (χ3n) is 3.57. The van der Waals surface area contributed by atoms with Gasteiger partial charge in [-0.3, -0.25) is 9.59 Å². The summed E-state index contributed by atoms with van der Waals surface area (Å²) in [5.41, 5.74) is -0.958. The molecule has 3 heteroatoms. The van der Waals surface area contributed by atoms with Gasteiger partial charge in [-0.25, -0.2) is 0 Å². The van der Waals surface area contributed by atoms with E-state index in [1.54, 1.807) is 13.8 Å². The molecular formula is C14H24O3. The monoisotopic (exact) mass is 240 g/mol. The lowest BCUT2D eigenvalue weighted by molar-refractivity contribution is -0.162. The van der Waals surface area contributed by atoms with Crippen LogP contribution in [0.5, 0.6) is 0 Å². The lowest BCUT2D eigenvalue weighted by Crippen LogP contribution is -2.36. The van der Waals surface area contributed by atoms with E-state index in [2.05, 4.69) is 0 Å². The molecule has 0 aromatic carbocycles. The zero-order valence-corrected chi connectivity index (χ0v) is 11.3. The molecule has 1 aliphatic rings. The summed E-state index contributed by atoms with van der Waals surface area (Å²) in [4.78, 5) is 22.9. The van der Waals surface area contributed by atoms with Crippen LogP contribution in [-0.2, 0) is 14.3 Å². The van der Waals surface area contributed by atoms with Gasteiger partial charge in [0.2, 0.25) is 0 Å². The van der Waals surface area contributed by atoms with Gasteiger partial charge < -0.3 is 4.74 Å². The first kappa shape index (κ1) is 14.2. The van der Waals surface area contributed by atoms with E-state index in [-0.39, 0.29) is 11.8 Å². The minimum atomic E-state index is -0.958. The van der Waals surface area contributed by atoms with Crippen molar-refractivity contribution in [3.05, 3.63) is 0 Å². The number of esters is 1. The van der Waals surface area contributed by atoms with Crippen molar-refractivity contribution in [3.8, 4) is 0 Å². The molecule has 0 atom stereocenters. The summed E-state index contributed by atoms with van der Waals surface area (Å²) in [5, 5.41) is 0. The molecule has 0 saturated heterocycles. The molecule has 1 aliphatic carbocycles. The molecule has 0 bridgehead atoms. The van der Waals surface area contributed by atoms with Crippen LogP contribution in [0.2, 0.25) is 0 Å². The molecule has 0 heterocycles. The van der Waals surface area contributed by atoms with Gasteiger partial charge in [0.1, 0.15) is 0 Å². The summed E-state index contributed by atoms with van der Waals surface area (Å²) in [5.74, 6) is 0.347. The van der Waals surface area contributed by atoms with E-state index in [9.17, 15) is 9.59 Å². The highest BCUT2D eigenvalue weighted by Gasteiger charge is 2.30. The standard InChI is InChI=1S/C14H24O3/c1-11(15)17-14(2,3)13(16)10-9-12-7-5-4-6-8-12/h12H,4-10H2,1-3H3. The molecule has 0 radical (unpaired) electrons. The highest BCUT2D eigenvalue weighted by molar-refractivity contribution is 5.88. The molecule has 0 N–H and O–H groups in total. The van der Waals surface area contributed by atoms with Crippen molar-refractivity contribution < 1.29 is 14.3 Å². The molecule has 1 rings (SSSR count). The molecular weight excluding hydrogens is 216 g/mol. The SMILES string of the molecule is CC(=O)OC(C)(C)C(=O)CCC1CCCCC1. The molecule has 0 aromatic heterocycles. The molecule has 1 saturated carbocycles. The molecule has 17 heavy (non-hydrogen) atoms. The van der Waals surface area contributed by atoms with Crippen LogP contribution in [0.25, 0.3) is 0 Å². The normalized spacial score (nSPS) is 17.8. The number of hydrogen-bond acceptors (Lipinski definition) is 3. The fourth-order valence-corrected chi connectivity index (χ4v) is 2.53. The van der Waals surface area contributed by atoms with Gasteiger partial charge in [-0.1, -0.05) is 32.1 Å². The average molecular weight is 240 g/mol. The van der Waals surface area contributed by atoms with Crippen molar-refractivity contribution in [2.24, 2.45) is 5.92 Å². The van der Waals surface area contributed by atoms with Gasteiger partial charge in [-0.15, -0.1) is 0 Å². The van der Waals surface area contributed by atoms with Crippen LogP contribution in [0.15, 0.2) is 0 Å². The Morgan fingerprint density at radius 2 is 1.76 bits per heavy atom. The number of ether oxygens (including phenoxy) is 1. The zero-order chi connectivity index (χ0) is 12.9. The van der Waals surface area contributed by atoms with Crippen molar-refractivity contribution >= 4 is 11.8 Å². The van der Waals surface area contributed by atoms with Crippen molar-refractivity contribution in [2.75, 3.05) is 0 Å². The van der Waals surface area contributed by atoms with Gasteiger partial charge in [-0.05, 0) is 26.2 Å². The summed E-state index contributed by atoms with van der Waals surface area (Å²) < 4.78 is 5.05. The van der Waals surface area contributed by atoms with Crippen molar-refractivity contribution in [1.82, 2.24) is 0 Å². The third kappa shape index (κ3) is 4.88. The Balaban J connectivity index is 2.34. The second kappa shape index (κ2) is 6.18. The van der Waals surface area contributed by atoms with Crippen LogP contribution in [0.1, 0.15) is 65.7 Å². The van der Waals surface area contributed by atoms with Gasteiger partial charge in [0.25, 0.3) is 0 Å². The highest BCUT2D eigenvalue weighted by Crippen LogP contribution is 2.28. The number of hydrogen-bond donors (Lipinski definition) is 0. The highest BCUT2D eigenvalue weighted by atomic mass is 16.6. The van der Waals surface area contributed by atoms with Crippen LogP contribution in [0.3, 0.4) is 0 Å². The van der Waals surface area contributed by atoms with E-state index in [0.29, 0.717) is 12.3 Å². The summed E-state index contributed by atoms with van der Waals surface area (Å²) in [6.45, 7) is 4.70. The van der Waals surface area contributed by atoms with Gasteiger partial charge in [-0.2, -0.15) is 0 Å². The predicted molar refractivity (Wildman–Crippen MR) is 66.7 cm³/mol. The maximum atomic E-state index is 12.0. The predicted octanol–water partition coefficient (Wildman–Crippen LogP) is 3.26. The lowest BCUT2D eigenvalue weighted by Gasteiger charge is -2.25. The molecule has 0 spiro atoms. The van der Waals surface area contributed by atoms with E-state index in [1.807, 2.05) is 0 Å². The minimum absolute atomic E-state index is 0.0401. The van der Waals surface area contributed by atoms with Crippen LogP contribution in [-0.4, -0.2) is 17.4 Å². The largest absolute Gasteiger partial charge is 0.452 e. The second-order valence-corrected chi connectivity index (χ2v) is 5.57. The smallest absolute Gasteiger partial charge is 0.303 e. The molecule has 0 unspecified atom stereocenters. The lowest BCUT2D eigenvalue weighted by atomic mass is 9.84. The van der Waals surface area contributed by atoms with Gasteiger partial charge in [0.05, 0.1) is 0 Å². The maximum absolute atomic E-state index is 12.0. The first-order valence-corrected chi connectivity index (χ1v) is 6.64. The molecule has 98 valence electrons. The Morgan fingerprint density at radius 1 is 1.18 bits per heavy atom. The minimum Gasteiger partial charge on any atom is -0.452 e. The molecule has 1 fully saturated rings. The summed E-state index contributed by atoms with van der Waals surface area (Å²) in [6.07, 6.45) is 7.92. The first-order valence-electron chi connectivity index (χ1n) is 6.64. The fourth-order valence-electron chi connectivity index (χ4n) is 2.53. The number of Topliss-reactive ketones (excluding diaryl/α,β-unsaturated/α-hetero) is 1. The van der Waals surface area contributed by atoms with E-state index in [1.165, 1.54) is 39.0 Å². The van der Waals surface area contributed by atoms with Gasteiger partial charge in [0, 0.05) is 13.3 Å². The van der Waals surface area contributed by atoms with Gasteiger partial charge in [0.15, 0.2) is 11.4 Å². The van der Waals surface area contributed by atoms with Crippen LogP contribution in [0, 0.1) is 5.92 Å².